The van der Waals surface area contributed by atoms with Crippen LogP contribution < -0.4 is 0 Å². The van der Waals surface area contributed by atoms with Crippen LogP contribution in [0.25, 0.3) is 0 Å². The predicted octanol–water partition coefficient (Wildman–Crippen LogP) is 2.73. The number of β-amino-alcohol motifs (C(OH)–C–C–N with tert-alkyl or cyclic N) is 1. The molecule has 0 radical (unpaired) electrons. The van der Waals surface area contributed by atoms with Crippen LogP contribution in [-0.4, -0.2) is 29.1 Å². The highest BCUT2D eigenvalue weighted by atomic mass is 19.1. The summed E-state index contributed by atoms with van der Waals surface area (Å²) in [6.45, 7) is 3.71. The van der Waals surface area contributed by atoms with Crippen molar-refractivity contribution in [3.8, 4) is 0 Å². The largest absolute Gasteiger partial charge is 0.387 e. The topological polar surface area (TPSA) is 23.5 Å². The van der Waals surface area contributed by atoms with Gasteiger partial charge in [0.2, 0.25) is 0 Å². The van der Waals surface area contributed by atoms with Crippen molar-refractivity contribution in [1.29, 1.82) is 0 Å². The molecule has 0 aromatic heterocycles. The van der Waals surface area contributed by atoms with E-state index in [1.807, 2.05) is 0 Å². The predicted molar refractivity (Wildman–Crippen MR) is 66.2 cm³/mol. The number of aliphatic hydroxyl groups is 1. The molecule has 0 spiro atoms. The zero-order valence-electron chi connectivity index (χ0n) is 10.3. The quantitative estimate of drug-likeness (QED) is 0.873. The Morgan fingerprint density at radius 3 is 2.88 bits per heavy atom. The van der Waals surface area contributed by atoms with Gasteiger partial charge < -0.3 is 5.11 Å². The maximum Gasteiger partial charge on any atom is 0.129 e. The lowest BCUT2D eigenvalue weighted by Gasteiger charge is -2.34. The number of nitrogens with zero attached hydrogens (tertiary/aromatic N) is 1. The Kier molecular flexibility index (Phi) is 4.13. The summed E-state index contributed by atoms with van der Waals surface area (Å²) in [5.74, 6) is -0.315. The number of halogens is 1. The van der Waals surface area contributed by atoms with Gasteiger partial charge in [0.05, 0.1) is 6.10 Å². The average Bonchev–Trinajstić information content (AvgIpc) is 2.32. The summed E-state index contributed by atoms with van der Waals surface area (Å²) in [6, 6.07) is 6.97. The van der Waals surface area contributed by atoms with Gasteiger partial charge >= 0.3 is 0 Å². The van der Waals surface area contributed by atoms with Crippen LogP contribution >= 0.6 is 0 Å². The lowest BCUT2D eigenvalue weighted by atomic mass is 10.0. The SMILES string of the molecule is C[C@H]1CCCCN1C[C@H](O)c1ccccc1F. The lowest BCUT2D eigenvalue weighted by Crippen LogP contribution is -2.40. The minimum absolute atomic E-state index is 0.315. The van der Waals surface area contributed by atoms with Crippen molar-refractivity contribution in [2.24, 2.45) is 0 Å². The average molecular weight is 237 g/mol. The van der Waals surface area contributed by atoms with E-state index >= 15 is 0 Å². The second kappa shape index (κ2) is 5.61. The van der Waals surface area contributed by atoms with E-state index in [0.29, 0.717) is 18.2 Å². The van der Waals surface area contributed by atoms with Gasteiger partial charge in [-0.05, 0) is 32.4 Å². The monoisotopic (exact) mass is 237 g/mol. The molecule has 1 aromatic rings. The summed E-state index contributed by atoms with van der Waals surface area (Å²) >= 11 is 0. The minimum Gasteiger partial charge on any atom is -0.387 e. The van der Waals surface area contributed by atoms with E-state index in [1.54, 1.807) is 18.2 Å². The molecule has 0 amide bonds. The molecule has 0 saturated carbocycles. The van der Waals surface area contributed by atoms with Crippen LogP contribution in [0.1, 0.15) is 37.9 Å². The fourth-order valence-electron chi connectivity index (χ4n) is 2.49. The highest BCUT2D eigenvalue weighted by Gasteiger charge is 2.22. The summed E-state index contributed by atoms with van der Waals surface area (Å²) in [5.41, 5.74) is 0.408. The van der Waals surface area contributed by atoms with Gasteiger partial charge in [0.25, 0.3) is 0 Å². The Morgan fingerprint density at radius 2 is 2.18 bits per heavy atom. The molecular weight excluding hydrogens is 217 g/mol. The Bertz CT molecular complexity index is 369. The number of piperidine rings is 1. The number of likely N-dealkylation sites (tertiary alicyclic amines) is 1. The van der Waals surface area contributed by atoms with Gasteiger partial charge in [-0.1, -0.05) is 24.6 Å². The minimum atomic E-state index is -0.725. The first-order chi connectivity index (χ1) is 8.18. The fourth-order valence-corrected chi connectivity index (χ4v) is 2.49. The van der Waals surface area contributed by atoms with E-state index in [0.717, 1.165) is 6.54 Å². The molecular formula is C14H20FNO. The van der Waals surface area contributed by atoms with Crippen LogP contribution in [0.4, 0.5) is 4.39 Å². The molecule has 1 heterocycles. The molecule has 1 saturated heterocycles. The van der Waals surface area contributed by atoms with Gasteiger partial charge in [-0.3, -0.25) is 4.90 Å². The molecule has 1 aromatic carbocycles. The first kappa shape index (κ1) is 12.5. The summed E-state index contributed by atoms with van der Waals surface area (Å²) < 4.78 is 13.5. The Balaban J connectivity index is 2.01. The van der Waals surface area contributed by atoms with Crippen molar-refractivity contribution in [3.63, 3.8) is 0 Å². The van der Waals surface area contributed by atoms with E-state index in [2.05, 4.69) is 11.8 Å². The fraction of sp³-hybridized carbons (Fsp3) is 0.571. The van der Waals surface area contributed by atoms with Crippen LogP contribution in [0.5, 0.6) is 0 Å². The molecule has 2 nitrogen and oxygen atoms in total. The van der Waals surface area contributed by atoms with Crippen molar-refractivity contribution in [3.05, 3.63) is 35.6 Å². The van der Waals surface area contributed by atoms with E-state index in [-0.39, 0.29) is 5.82 Å². The van der Waals surface area contributed by atoms with Crippen molar-refractivity contribution in [1.82, 2.24) is 4.90 Å². The molecule has 1 aliphatic rings. The van der Waals surface area contributed by atoms with Gasteiger partial charge in [0.15, 0.2) is 0 Å². The van der Waals surface area contributed by atoms with Gasteiger partial charge in [-0.25, -0.2) is 4.39 Å². The van der Waals surface area contributed by atoms with Gasteiger partial charge in [0.1, 0.15) is 5.82 Å². The van der Waals surface area contributed by atoms with E-state index in [9.17, 15) is 9.50 Å². The van der Waals surface area contributed by atoms with Gasteiger partial charge in [0, 0.05) is 18.2 Å². The lowest BCUT2D eigenvalue weighted by molar-refractivity contribution is 0.0713. The normalized spacial score (nSPS) is 23.6. The van der Waals surface area contributed by atoms with Crippen LogP contribution in [-0.2, 0) is 0 Å². The maximum absolute atomic E-state index is 13.5. The first-order valence-corrected chi connectivity index (χ1v) is 6.35. The molecule has 0 bridgehead atoms. The Morgan fingerprint density at radius 1 is 1.41 bits per heavy atom. The molecule has 0 unspecified atom stereocenters. The maximum atomic E-state index is 13.5. The molecule has 2 atom stereocenters. The molecule has 3 heteroatoms. The van der Waals surface area contributed by atoms with Crippen molar-refractivity contribution < 1.29 is 9.50 Å². The van der Waals surface area contributed by atoms with Crippen molar-refractivity contribution >= 4 is 0 Å². The molecule has 1 fully saturated rings. The number of hydrogen-bond donors (Lipinski definition) is 1. The van der Waals surface area contributed by atoms with E-state index in [1.165, 1.54) is 25.3 Å². The summed E-state index contributed by atoms with van der Waals surface area (Å²) in [6.07, 6.45) is 2.88. The second-order valence-electron chi connectivity index (χ2n) is 4.88. The number of hydrogen-bond acceptors (Lipinski definition) is 2. The van der Waals surface area contributed by atoms with Crippen molar-refractivity contribution in [2.75, 3.05) is 13.1 Å². The third kappa shape index (κ3) is 3.05. The molecule has 0 aliphatic carbocycles. The molecule has 1 N–H and O–H groups in total. The summed E-state index contributed by atoms with van der Waals surface area (Å²) in [5, 5.41) is 10.1. The van der Waals surface area contributed by atoms with Gasteiger partial charge in [-0.2, -0.15) is 0 Å². The van der Waals surface area contributed by atoms with Crippen molar-refractivity contribution in [2.45, 2.75) is 38.3 Å². The highest BCUT2D eigenvalue weighted by molar-refractivity contribution is 5.20. The zero-order chi connectivity index (χ0) is 12.3. The van der Waals surface area contributed by atoms with Crippen LogP contribution in [0.2, 0.25) is 0 Å². The van der Waals surface area contributed by atoms with E-state index in [4.69, 9.17) is 0 Å². The molecule has 17 heavy (non-hydrogen) atoms. The molecule has 94 valence electrons. The Hall–Kier alpha value is -0.930. The third-order valence-electron chi connectivity index (χ3n) is 3.61. The number of aliphatic hydroxyl groups excluding tert-OH is 1. The smallest absolute Gasteiger partial charge is 0.129 e. The zero-order valence-corrected chi connectivity index (χ0v) is 10.3. The summed E-state index contributed by atoms with van der Waals surface area (Å²) in [4.78, 5) is 2.25. The number of rotatable bonds is 3. The second-order valence-corrected chi connectivity index (χ2v) is 4.88. The van der Waals surface area contributed by atoms with Gasteiger partial charge in [-0.15, -0.1) is 0 Å². The third-order valence-corrected chi connectivity index (χ3v) is 3.61. The van der Waals surface area contributed by atoms with Crippen LogP contribution in [0, 0.1) is 5.82 Å². The Labute approximate surface area is 102 Å². The van der Waals surface area contributed by atoms with Crippen LogP contribution in [0.3, 0.4) is 0 Å². The van der Waals surface area contributed by atoms with Crippen LogP contribution in [0.15, 0.2) is 24.3 Å². The molecule has 2 rings (SSSR count). The number of benzene rings is 1. The molecule has 1 aliphatic heterocycles. The standard InChI is InChI=1S/C14H20FNO/c1-11-6-4-5-9-16(11)10-14(17)12-7-2-3-8-13(12)15/h2-3,7-8,11,14,17H,4-6,9-10H2,1H3/t11-,14-/m0/s1. The summed E-state index contributed by atoms with van der Waals surface area (Å²) in [7, 11) is 0. The highest BCUT2D eigenvalue weighted by Crippen LogP contribution is 2.22. The van der Waals surface area contributed by atoms with E-state index < -0.39 is 6.10 Å². The first-order valence-electron chi connectivity index (χ1n) is 6.35.